The third-order valence-electron chi connectivity index (χ3n) is 4.93. The van der Waals surface area contributed by atoms with E-state index in [0.29, 0.717) is 23.8 Å². The van der Waals surface area contributed by atoms with Gasteiger partial charge in [0.15, 0.2) is 5.16 Å². The normalized spacial score (nSPS) is 10.9. The topological polar surface area (TPSA) is 103 Å². The Balaban J connectivity index is 1.45. The molecule has 11 heteroatoms. The van der Waals surface area contributed by atoms with Gasteiger partial charge < -0.3 is 9.88 Å². The van der Waals surface area contributed by atoms with E-state index in [9.17, 15) is 14.9 Å². The van der Waals surface area contributed by atoms with Crippen LogP contribution in [0, 0.1) is 10.1 Å². The maximum atomic E-state index is 12.5. The number of nitro benzene ring substituents is 1. The lowest BCUT2D eigenvalue weighted by Gasteiger charge is -2.10. The Kier molecular flexibility index (Phi) is 7.94. The van der Waals surface area contributed by atoms with Gasteiger partial charge in [0, 0.05) is 29.6 Å². The predicted octanol–water partition coefficient (Wildman–Crippen LogP) is 5.47. The molecule has 8 nitrogen and oxygen atoms in total. The molecule has 0 aliphatic heterocycles. The smallest absolute Gasteiger partial charge is 0.289 e. The lowest BCUT2D eigenvalue weighted by atomic mass is 10.1. The van der Waals surface area contributed by atoms with E-state index in [0.717, 1.165) is 12.2 Å². The molecule has 1 N–H and O–H groups in total. The molecule has 0 spiro atoms. The number of anilines is 1. The summed E-state index contributed by atoms with van der Waals surface area (Å²) in [6.45, 7) is 0.686. The maximum absolute atomic E-state index is 12.5. The monoisotopic (exact) mass is 513 g/mol. The van der Waals surface area contributed by atoms with Crippen LogP contribution in [-0.4, -0.2) is 31.3 Å². The van der Waals surface area contributed by atoms with Crippen molar-refractivity contribution in [1.82, 2.24) is 14.8 Å². The molecule has 174 valence electrons. The van der Waals surface area contributed by atoms with Crippen molar-refractivity contribution in [3.8, 4) is 0 Å². The second kappa shape index (κ2) is 11.3. The Morgan fingerprint density at radius 2 is 1.97 bits per heavy atom. The number of carbonyl (C=O) groups excluding carboxylic acids is 1. The molecule has 2 heterocycles. The number of nitrogens with zero attached hydrogens (tertiary/aromatic N) is 4. The Morgan fingerprint density at radius 3 is 2.71 bits per heavy atom. The third kappa shape index (κ3) is 6.22. The molecule has 0 fully saturated rings. The second-order valence-electron chi connectivity index (χ2n) is 7.30. The highest BCUT2D eigenvalue weighted by atomic mass is 35.5. The van der Waals surface area contributed by atoms with Crippen molar-refractivity contribution in [1.29, 1.82) is 0 Å². The molecular weight excluding hydrogens is 494 g/mol. The number of amides is 1. The number of rotatable bonds is 10. The number of carbonyl (C=O) groups is 1. The maximum Gasteiger partial charge on any atom is 0.289 e. The van der Waals surface area contributed by atoms with Crippen molar-refractivity contribution in [2.24, 2.45) is 0 Å². The number of hydrogen-bond donors (Lipinski definition) is 1. The van der Waals surface area contributed by atoms with Crippen LogP contribution in [0.5, 0.6) is 0 Å². The van der Waals surface area contributed by atoms with Gasteiger partial charge in [0.25, 0.3) is 5.69 Å². The molecule has 0 unspecified atom stereocenters. The largest absolute Gasteiger partial charge is 0.325 e. The van der Waals surface area contributed by atoms with Crippen LogP contribution < -0.4 is 5.32 Å². The predicted molar refractivity (Wildman–Crippen MR) is 135 cm³/mol. The first kappa shape index (κ1) is 23.9. The van der Waals surface area contributed by atoms with Gasteiger partial charge in [-0.2, -0.15) is 0 Å². The summed E-state index contributed by atoms with van der Waals surface area (Å²) in [5.41, 5.74) is 1.26. The summed E-state index contributed by atoms with van der Waals surface area (Å²) in [5.74, 6) is 0.618. The summed E-state index contributed by atoms with van der Waals surface area (Å²) in [6.07, 6.45) is 1.48. The van der Waals surface area contributed by atoms with E-state index in [1.807, 2.05) is 29.6 Å². The number of benzene rings is 2. The van der Waals surface area contributed by atoms with Crippen LogP contribution in [0.2, 0.25) is 5.02 Å². The number of thiophene rings is 1. The molecule has 2 aromatic heterocycles. The average molecular weight is 514 g/mol. The van der Waals surface area contributed by atoms with Gasteiger partial charge in [0.2, 0.25) is 5.91 Å². The Hall–Kier alpha value is -3.21. The molecule has 4 aromatic rings. The van der Waals surface area contributed by atoms with Gasteiger partial charge in [-0.15, -0.1) is 21.5 Å². The summed E-state index contributed by atoms with van der Waals surface area (Å²) >= 11 is 8.78. The van der Waals surface area contributed by atoms with E-state index in [1.165, 1.54) is 40.4 Å². The van der Waals surface area contributed by atoms with Crippen LogP contribution in [0.1, 0.15) is 16.3 Å². The zero-order valence-electron chi connectivity index (χ0n) is 17.9. The summed E-state index contributed by atoms with van der Waals surface area (Å²) in [4.78, 5) is 24.2. The minimum atomic E-state index is -0.586. The summed E-state index contributed by atoms with van der Waals surface area (Å²) in [5, 5.41) is 25.2. The van der Waals surface area contributed by atoms with Crippen molar-refractivity contribution >= 4 is 52.0 Å². The van der Waals surface area contributed by atoms with Crippen LogP contribution in [0.15, 0.2) is 71.2 Å². The lowest BCUT2D eigenvalue weighted by molar-refractivity contribution is -0.384. The fraction of sp³-hybridized carbons (Fsp3) is 0.174. The molecule has 0 atom stereocenters. The highest BCUT2D eigenvalue weighted by molar-refractivity contribution is 7.99. The first-order chi connectivity index (χ1) is 16.5. The van der Waals surface area contributed by atoms with Gasteiger partial charge in [0.05, 0.1) is 10.7 Å². The van der Waals surface area contributed by atoms with Crippen molar-refractivity contribution in [3.05, 3.63) is 97.4 Å². The SMILES string of the molecule is O=C(CSc1nnc(Cc2cccs2)n1CCc1ccccc1)Nc1ccc(Cl)c([N+](=O)[O-])c1. The van der Waals surface area contributed by atoms with Crippen molar-refractivity contribution in [2.75, 3.05) is 11.1 Å². The molecule has 4 rings (SSSR count). The van der Waals surface area contributed by atoms with E-state index >= 15 is 0 Å². The van der Waals surface area contributed by atoms with Crippen LogP contribution in [0.3, 0.4) is 0 Å². The molecule has 34 heavy (non-hydrogen) atoms. The van der Waals surface area contributed by atoms with E-state index in [1.54, 1.807) is 11.3 Å². The van der Waals surface area contributed by atoms with E-state index in [-0.39, 0.29) is 22.4 Å². The summed E-state index contributed by atoms with van der Waals surface area (Å²) < 4.78 is 2.05. The van der Waals surface area contributed by atoms with Gasteiger partial charge >= 0.3 is 0 Å². The number of nitrogens with one attached hydrogen (secondary N) is 1. The summed E-state index contributed by atoms with van der Waals surface area (Å²) in [6, 6.07) is 18.4. The number of aryl methyl sites for hydroxylation is 1. The number of aromatic nitrogens is 3. The second-order valence-corrected chi connectivity index (χ2v) is 9.68. The highest BCUT2D eigenvalue weighted by Crippen LogP contribution is 2.28. The van der Waals surface area contributed by atoms with Gasteiger partial charge in [-0.25, -0.2) is 0 Å². The number of thioether (sulfide) groups is 1. The highest BCUT2D eigenvalue weighted by Gasteiger charge is 2.17. The van der Waals surface area contributed by atoms with Crippen molar-refractivity contribution < 1.29 is 9.72 Å². The fourth-order valence-corrected chi connectivity index (χ4v) is 4.96. The lowest BCUT2D eigenvalue weighted by Crippen LogP contribution is -2.15. The first-order valence-corrected chi connectivity index (χ1v) is 12.6. The molecular formula is C23H20ClN5O3S2. The minimum absolute atomic E-state index is 0.0159. The molecule has 2 aromatic carbocycles. The van der Waals surface area contributed by atoms with Crippen LogP contribution in [-0.2, 0) is 24.2 Å². The van der Waals surface area contributed by atoms with Gasteiger partial charge in [-0.05, 0) is 35.6 Å². The Labute approximate surface area is 209 Å². The van der Waals surface area contributed by atoms with E-state index < -0.39 is 4.92 Å². The quantitative estimate of drug-likeness (QED) is 0.171. The molecule has 0 bridgehead atoms. The zero-order valence-corrected chi connectivity index (χ0v) is 20.3. The molecule has 0 saturated heterocycles. The average Bonchev–Trinajstić information content (AvgIpc) is 3.48. The Bertz CT molecular complexity index is 1280. The number of nitro groups is 1. The minimum Gasteiger partial charge on any atom is -0.325 e. The van der Waals surface area contributed by atoms with Gasteiger partial charge in [-0.3, -0.25) is 14.9 Å². The van der Waals surface area contributed by atoms with Gasteiger partial charge in [0.1, 0.15) is 10.8 Å². The van der Waals surface area contributed by atoms with Crippen LogP contribution in [0.4, 0.5) is 11.4 Å². The standard InChI is InChI=1S/C23H20ClN5O3S2/c24-19-9-8-17(13-20(19)29(31)32)25-22(30)15-34-23-27-26-21(14-18-7-4-12-33-18)28(23)11-10-16-5-2-1-3-6-16/h1-9,12-13H,10-11,14-15H2,(H,25,30). The van der Waals surface area contributed by atoms with E-state index in [2.05, 4.69) is 38.3 Å². The molecule has 0 radical (unpaired) electrons. The number of halogens is 1. The zero-order chi connectivity index (χ0) is 23.9. The van der Waals surface area contributed by atoms with Crippen LogP contribution >= 0.6 is 34.7 Å². The van der Waals surface area contributed by atoms with E-state index in [4.69, 9.17) is 11.6 Å². The van der Waals surface area contributed by atoms with Crippen molar-refractivity contribution in [3.63, 3.8) is 0 Å². The first-order valence-electron chi connectivity index (χ1n) is 10.3. The van der Waals surface area contributed by atoms with Crippen LogP contribution in [0.25, 0.3) is 0 Å². The molecule has 0 saturated carbocycles. The molecule has 1 amide bonds. The molecule has 0 aliphatic rings. The summed E-state index contributed by atoms with van der Waals surface area (Å²) in [7, 11) is 0. The Morgan fingerprint density at radius 1 is 1.15 bits per heavy atom. The number of hydrogen-bond acceptors (Lipinski definition) is 7. The fourth-order valence-electron chi connectivity index (χ4n) is 3.29. The van der Waals surface area contributed by atoms with Gasteiger partial charge in [-0.1, -0.05) is 59.8 Å². The molecule has 0 aliphatic carbocycles. The van der Waals surface area contributed by atoms with Crippen molar-refractivity contribution in [2.45, 2.75) is 24.5 Å². The third-order valence-corrected chi connectivity index (χ3v) is 7.09.